The van der Waals surface area contributed by atoms with E-state index < -0.39 is 0 Å². The summed E-state index contributed by atoms with van der Waals surface area (Å²) < 4.78 is 0. The largest absolute Gasteiger partial charge is 0.350 e. The first-order valence-electron chi connectivity index (χ1n) is 5.28. The maximum absolute atomic E-state index is 6.29. The number of rotatable bonds is 2. The summed E-state index contributed by atoms with van der Waals surface area (Å²) in [6, 6.07) is 0.283. The standard InChI is InChI=1S/C10H15ClN4/c1-7-2-3-9(8(11)4-7)15-10-13-5-12-6-14-10/h5-9H,2-4H2,1H3,(H,12,13,14,15). The molecule has 5 heteroatoms. The molecule has 0 radical (unpaired) electrons. The Morgan fingerprint density at radius 1 is 1.33 bits per heavy atom. The zero-order chi connectivity index (χ0) is 10.7. The first-order chi connectivity index (χ1) is 7.25. The van der Waals surface area contributed by atoms with Gasteiger partial charge in [-0.2, -0.15) is 0 Å². The fourth-order valence-electron chi connectivity index (χ4n) is 1.95. The molecule has 1 saturated carbocycles. The van der Waals surface area contributed by atoms with Crippen LogP contribution in [0.25, 0.3) is 0 Å². The number of alkyl halides is 1. The van der Waals surface area contributed by atoms with Crippen molar-refractivity contribution in [3.05, 3.63) is 12.7 Å². The molecule has 0 spiro atoms. The van der Waals surface area contributed by atoms with E-state index in [1.54, 1.807) is 0 Å². The Hall–Kier alpha value is -0.900. The van der Waals surface area contributed by atoms with Crippen LogP contribution in [0.1, 0.15) is 26.2 Å². The van der Waals surface area contributed by atoms with Gasteiger partial charge in [0.1, 0.15) is 12.7 Å². The van der Waals surface area contributed by atoms with Gasteiger partial charge in [-0.05, 0) is 25.2 Å². The van der Waals surface area contributed by atoms with Crippen molar-refractivity contribution in [2.24, 2.45) is 5.92 Å². The van der Waals surface area contributed by atoms with Crippen LogP contribution >= 0.6 is 11.6 Å². The lowest BCUT2D eigenvalue weighted by atomic mass is 9.87. The third-order valence-corrected chi connectivity index (χ3v) is 3.32. The number of halogens is 1. The second kappa shape index (κ2) is 4.75. The zero-order valence-electron chi connectivity index (χ0n) is 8.73. The molecule has 0 saturated heterocycles. The molecule has 1 N–H and O–H groups in total. The van der Waals surface area contributed by atoms with Gasteiger partial charge in [-0.3, -0.25) is 0 Å². The van der Waals surface area contributed by atoms with Crippen molar-refractivity contribution in [3.63, 3.8) is 0 Å². The first kappa shape index (κ1) is 10.6. The highest BCUT2D eigenvalue weighted by Gasteiger charge is 2.27. The molecule has 1 heterocycles. The summed E-state index contributed by atoms with van der Waals surface area (Å²) in [4.78, 5) is 11.8. The van der Waals surface area contributed by atoms with Crippen molar-refractivity contribution in [1.29, 1.82) is 0 Å². The molecule has 3 atom stereocenters. The SMILES string of the molecule is CC1CCC(Nc2ncncn2)C(Cl)C1. The molecule has 0 bridgehead atoms. The predicted octanol–water partition coefficient (Wildman–Crippen LogP) is 2.08. The van der Waals surface area contributed by atoms with E-state index in [4.69, 9.17) is 11.6 Å². The van der Waals surface area contributed by atoms with Gasteiger partial charge in [0.25, 0.3) is 0 Å². The molecule has 1 fully saturated rings. The molecule has 0 aliphatic heterocycles. The minimum absolute atomic E-state index is 0.172. The average molecular weight is 227 g/mol. The molecule has 1 aromatic heterocycles. The van der Waals surface area contributed by atoms with E-state index in [0.717, 1.165) is 18.8 Å². The maximum Gasteiger partial charge on any atom is 0.225 e. The molecule has 1 aromatic rings. The molecule has 2 rings (SSSR count). The summed E-state index contributed by atoms with van der Waals surface area (Å²) in [6.07, 6.45) is 6.34. The summed E-state index contributed by atoms with van der Waals surface area (Å²) in [5.74, 6) is 1.35. The second-order valence-corrected chi connectivity index (χ2v) is 4.71. The molecule has 3 unspecified atom stereocenters. The van der Waals surface area contributed by atoms with Crippen LogP contribution in [0.4, 0.5) is 5.95 Å². The van der Waals surface area contributed by atoms with Gasteiger partial charge in [-0.15, -0.1) is 11.6 Å². The van der Waals surface area contributed by atoms with Gasteiger partial charge in [-0.1, -0.05) is 6.92 Å². The first-order valence-corrected chi connectivity index (χ1v) is 5.72. The highest BCUT2D eigenvalue weighted by molar-refractivity contribution is 6.21. The van der Waals surface area contributed by atoms with E-state index in [9.17, 15) is 0 Å². The van der Waals surface area contributed by atoms with Crippen LogP contribution in [-0.4, -0.2) is 26.4 Å². The van der Waals surface area contributed by atoms with E-state index in [1.165, 1.54) is 19.1 Å². The van der Waals surface area contributed by atoms with Crippen molar-refractivity contribution in [2.45, 2.75) is 37.6 Å². The topological polar surface area (TPSA) is 50.7 Å². The molecule has 1 aliphatic carbocycles. The van der Waals surface area contributed by atoms with Crippen molar-refractivity contribution >= 4 is 17.5 Å². The van der Waals surface area contributed by atoms with E-state index in [-0.39, 0.29) is 11.4 Å². The monoisotopic (exact) mass is 226 g/mol. The van der Waals surface area contributed by atoms with Crippen molar-refractivity contribution in [2.75, 3.05) is 5.32 Å². The Labute approximate surface area is 94.5 Å². The summed E-state index contributed by atoms with van der Waals surface area (Å²) in [5, 5.41) is 3.43. The summed E-state index contributed by atoms with van der Waals surface area (Å²) in [6.45, 7) is 2.24. The molecule has 1 aliphatic rings. The normalized spacial score (nSPS) is 31.2. The van der Waals surface area contributed by atoms with Gasteiger partial charge >= 0.3 is 0 Å². The third-order valence-electron chi connectivity index (χ3n) is 2.84. The van der Waals surface area contributed by atoms with Gasteiger partial charge in [0.2, 0.25) is 5.95 Å². The molecular weight excluding hydrogens is 212 g/mol. The fourth-order valence-corrected chi connectivity index (χ4v) is 2.45. The fraction of sp³-hybridized carbons (Fsp3) is 0.700. The van der Waals surface area contributed by atoms with Crippen molar-refractivity contribution < 1.29 is 0 Å². The Balaban J connectivity index is 1.95. The number of aromatic nitrogens is 3. The van der Waals surface area contributed by atoms with Crippen molar-refractivity contribution in [3.8, 4) is 0 Å². The molecule has 15 heavy (non-hydrogen) atoms. The Bertz CT molecular complexity index is 306. The highest BCUT2D eigenvalue weighted by Crippen LogP contribution is 2.29. The summed E-state index contributed by atoms with van der Waals surface area (Å²) in [7, 11) is 0. The number of nitrogens with one attached hydrogen (secondary N) is 1. The quantitative estimate of drug-likeness (QED) is 0.785. The maximum atomic E-state index is 6.29. The van der Waals surface area contributed by atoms with Crippen LogP contribution in [0.15, 0.2) is 12.7 Å². The number of nitrogens with zero attached hydrogens (tertiary/aromatic N) is 3. The Morgan fingerprint density at radius 2 is 2.07 bits per heavy atom. The summed E-state index contributed by atoms with van der Waals surface area (Å²) >= 11 is 6.29. The van der Waals surface area contributed by atoms with Gasteiger partial charge in [0.15, 0.2) is 0 Å². The van der Waals surface area contributed by atoms with Crippen LogP contribution in [0.2, 0.25) is 0 Å². The van der Waals surface area contributed by atoms with Crippen LogP contribution in [0.5, 0.6) is 0 Å². The lowest BCUT2D eigenvalue weighted by Gasteiger charge is -2.31. The molecule has 0 amide bonds. The van der Waals surface area contributed by atoms with Gasteiger partial charge < -0.3 is 5.32 Å². The van der Waals surface area contributed by atoms with Crippen LogP contribution < -0.4 is 5.32 Å². The van der Waals surface area contributed by atoms with Crippen LogP contribution in [-0.2, 0) is 0 Å². The van der Waals surface area contributed by atoms with Crippen molar-refractivity contribution in [1.82, 2.24) is 15.0 Å². The van der Waals surface area contributed by atoms with E-state index in [2.05, 4.69) is 27.2 Å². The lowest BCUT2D eigenvalue weighted by Crippen LogP contribution is -2.36. The lowest BCUT2D eigenvalue weighted by molar-refractivity contribution is 0.366. The van der Waals surface area contributed by atoms with Gasteiger partial charge in [-0.25, -0.2) is 15.0 Å². The average Bonchev–Trinajstić information content (AvgIpc) is 2.24. The minimum Gasteiger partial charge on any atom is -0.350 e. The van der Waals surface area contributed by atoms with E-state index >= 15 is 0 Å². The van der Waals surface area contributed by atoms with E-state index in [0.29, 0.717) is 5.95 Å². The second-order valence-electron chi connectivity index (χ2n) is 4.15. The predicted molar refractivity (Wildman–Crippen MR) is 59.9 cm³/mol. The zero-order valence-corrected chi connectivity index (χ0v) is 9.48. The van der Waals surface area contributed by atoms with Crippen LogP contribution in [0.3, 0.4) is 0 Å². The van der Waals surface area contributed by atoms with Gasteiger partial charge in [0, 0.05) is 6.04 Å². The number of hydrogen-bond acceptors (Lipinski definition) is 4. The smallest absolute Gasteiger partial charge is 0.225 e. The molecule has 0 aromatic carbocycles. The molecule has 4 nitrogen and oxygen atoms in total. The molecular formula is C10H15ClN4. The van der Waals surface area contributed by atoms with Gasteiger partial charge in [0.05, 0.1) is 5.38 Å². The Kier molecular flexibility index (Phi) is 3.36. The minimum atomic E-state index is 0.172. The number of hydrogen-bond donors (Lipinski definition) is 1. The van der Waals surface area contributed by atoms with E-state index in [1.807, 2.05) is 0 Å². The number of anilines is 1. The third kappa shape index (κ3) is 2.78. The van der Waals surface area contributed by atoms with Crippen LogP contribution in [0, 0.1) is 5.92 Å². The molecule has 82 valence electrons. The highest BCUT2D eigenvalue weighted by atomic mass is 35.5. The Morgan fingerprint density at radius 3 is 2.73 bits per heavy atom. The summed E-state index contributed by atoms with van der Waals surface area (Å²) in [5.41, 5.74) is 0.